The number of carbonyl (C=O) groups is 1. The normalized spacial score (nSPS) is 12.2. The Labute approximate surface area is 161 Å². The number of methoxy groups -OCH3 is 1. The summed E-state index contributed by atoms with van der Waals surface area (Å²) in [6.45, 7) is 6.03. The van der Waals surface area contributed by atoms with Crippen LogP contribution >= 0.6 is 19.7 Å². The van der Waals surface area contributed by atoms with Crippen molar-refractivity contribution in [3.63, 3.8) is 0 Å². The maximum atomic E-state index is 11.4. The Kier molecular flexibility index (Phi) is 8.00. The monoisotopic (exact) mass is 358 g/mol. The summed E-state index contributed by atoms with van der Waals surface area (Å²) >= 11 is 6.29. The van der Waals surface area contributed by atoms with E-state index < -0.39 is 8.15 Å². The first kappa shape index (κ1) is 21.2. The molecule has 0 amide bonds. The predicted molar refractivity (Wildman–Crippen MR) is 104 cm³/mol. The van der Waals surface area contributed by atoms with Crippen molar-refractivity contribution in [3.8, 4) is 5.75 Å². The number of halogens is 1. The number of aldehydes is 1. The Bertz CT molecular complexity index is 687. The van der Waals surface area contributed by atoms with Crippen LogP contribution in [0.15, 0.2) is 42.5 Å². The summed E-state index contributed by atoms with van der Waals surface area (Å²) in [7, 11) is 0.406. The second-order valence-corrected chi connectivity index (χ2v) is 8.21. The first-order chi connectivity index (χ1) is 10.9. The van der Waals surface area contributed by atoms with Crippen molar-refractivity contribution in [1.29, 1.82) is 0 Å². The molecule has 0 heterocycles. The van der Waals surface area contributed by atoms with Gasteiger partial charge in [-0.2, -0.15) is 0 Å². The van der Waals surface area contributed by atoms with Gasteiger partial charge in [-0.3, -0.25) is 4.79 Å². The molecule has 0 fully saturated rings. The molecule has 1 unspecified atom stereocenters. The van der Waals surface area contributed by atoms with E-state index in [2.05, 4.69) is 0 Å². The van der Waals surface area contributed by atoms with E-state index in [-0.39, 0.29) is 24.5 Å². The van der Waals surface area contributed by atoms with Crippen LogP contribution in [0, 0.1) is 0 Å². The molecule has 0 spiro atoms. The second-order valence-electron chi connectivity index (χ2n) is 6.00. The molecular formula is C18H21ClLiO3P. The van der Waals surface area contributed by atoms with Crippen molar-refractivity contribution in [2.24, 2.45) is 0 Å². The fourth-order valence-corrected chi connectivity index (χ4v) is 4.49. The molecule has 0 radical (unpaired) electrons. The van der Waals surface area contributed by atoms with Crippen molar-refractivity contribution >= 4 is 55.5 Å². The molecule has 124 valence electrons. The van der Waals surface area contributed by atoms with Crippen LogP contribution in [0.3, 0.4) is 0 Å². The van der Waals surface area contributed by atoms with E-state index in [0.717, 1.165) is 16.9 Å². The molecule has 0 saturated heterocycles. The van der Waals surface area contributed by atoms with Gasteiger partial charge in [-0.05, 0) is 32.9 Å². The molecular weight excluding hydrogens is 338 g/mol. The van der Waals surface area contributed by atoms with Gasteiger partial charge in [0.05, 0.1) is 31.4 Å². The minimum atomic E-state index is -1.09. The standard InChI is InChI=1S/C18H20ClO3P.Li.H/c1-18(2,3)22-23(14-8-6-5-7-9-14)15-10-13(12-20)17(21-4)16(19)11-15;;/h5-12H,1-4H3;;. The Balaban J connectivity index is 0.00000288. The molecule has 2 rings (SSSR count). The number of rotatable bonds is 5. The molecule has 3 nitrogen and oxygen atoms in total. The van der Waals surface area contributed by atoms with Gasteiger partial charge in [-0.25, -0.2) is 0 Å². The van der Waals surface area contributed by atoms with Gasteiger partial charge in [0.15, 0.2) is 6.29 Å². The van der Waals surface area contributed by atoms with Crippen LogP contribution in [0.5, 0.6) is 5.75 Å². The molecule has 0 aliphatic carbocycles. The Morgan fingerprint density at radius 2 is 1.71 bits per heavy atom. The van der Waals surface area contributed by atoms with Crippen LogP contribution in [-0.2, 0) is 4.52 Å². The van der Waals surface area contributed by atoms with E-state index in [1.807, 2.05) is 57.2 Å². The number of hydrogen-bond donors (Lipinski definition) is 0. The number of hydrogen-bond acceptors (Lipinski definition) is 3. The third-order valence-electron chi connectivity index (χ3n) is 2.98. The van der Waals surface area contributed by atoms with Gasteiger partial charge in [0.1, 0.15) is 5.75 Å². The summed E-state index contributed by atoms with van der Waals surface area (Å²) in [5.41, 5.74) is 0.103. The first-order valence-corrected chi connectivity index (χ1v) is 8.86. The minimum absolute atomic E-state index is 0. The maximum absolute atomic E-state index is 11.4. The topological polar surface area (TPSA) is 35.5 Å². The Morgan fingerprint density at radius 1 is 1.08 bits per heavy atom. The summed E-state index contributed by atoms with van der Waals surface area (Å²) in [4.78, 5) is 11.4. The van der Waals surface area contributed by atoms with Gasteiger partial charge >= 0.3 is 18.9 Å². The molecule has 2 aromatic rings. The summed E-state index contributed by atoms with van der Waals surface area (Å²) in [5, 5.41) is 2.36. The van der Waals surface area contributed by atoms with E-state index >= 15 is 0 Å². The molecule has 24 heavy (non-hydrogen) atoms. The number of ether oxygens (including phenoxy) is 1. The molecule has 2 aromatic carbocycles. The summed E-state index contributed by atoms with van der Waals surface area (Å²) in [6, 6.07) is 13.6. The third-order valence-corrected chi connectivity index (χ3v) is 5.48. The van der Waals surface area contributed by atoms with Crippen LogP contribution < -0.4 is 15.3 Å². The molecule has 0 saturated carbocycles. The summed E-state index contributed by atoms with van der Waals surface area (Å²) in [5.74, 6) is 0.393. The third kappa shape index (κ3) is 5.35. The van der Waals surface area contributed by atoms with Crippen LogP contribution in [0.4, 0.5) is 0 Å². The average Bonchev–Trinajstić information content (AvgIpc) is 2.51. The zero-order valence-corrected chi connectivity index (χ0v) is 15.3. The average molecular weight is 359 g/mol. The van der Waals surface area contributed by atoms with Gasteiger partial charge in [-0.15, -0.1) is 0 Å². The number of benzene rings is 2. The van der Waals surface area contributed by atoms with Crippen LogP contribution in [0.25, 0.3) is 0 Å². The van der Waals surface area contributed by atoms with Crippen molar-refractivity contribution < 1.29 is 14.1 Å². The molecule has 1 atom stereocenters. The molecule has 0 aliphatic heterocycles. The van der Waals surface area contributed by atoms with Crippen LogP contribution in [0.2, 0.25) is 5.02 Å². The van der Waals surface area contributed by atoms with Crippen molar-refractivity contribution in [1.82, 2.24) is 0 Å². The van der Waals surface area contributed by atoms with E-state index in [9.17, 15) is 4.79 Å². The van der Waals surface area contributed by atoms with Gasteiger partial charge < -0.3 is 9.26 Å². The predicted octanol–water partition coefficient (Wildman–Crippen LogP) is 3.68. The van der Waals surface area contributed by atoms with Crippen LogP contribution in [-0.4, -0.2) is 37.9 Å². The molecule has 0 aromatic heterocycles. The fraction of sp³-hybridized carbons (Fsp3) is 0.278. The van der Waals surface area contributed by atoms with Crippen molar-refractivity contribution in [2.75, 3.05) is 7.11 Å². The van der Waals surface area contributed by atoms with Crippen molar-refractivity contribution in [3.05, 3.63) is 53.1 Å². The number of carbonyl (C=O) groups excluding carboxylic acids is 1. The zero-order valence-electron chi connectivity index (χ0n) is 13.7. The van der Waals surface area contributed by atoms with Crippen LogP contribution in [0.1, 0.15) is 31.1 Å². The Hall–Kier alpha value is -0.813. The van der Waals surface area contributed by atoms with Crippen molar-refractivity contribution in [2.45, 2.75) is 26.4 Å². The summed E-state index contributed by atoms with van der Waals surface area (Å²) < 4.78 is 11.5. The van der Waals surface area contributed by atoms with Gasteiger partial charge in [0.25, 0.3) is 0 Å². The van der Waals surface area contributed by atoms with Gasteiger partial charge in [0.2, 0.25) is 0 Å². The second kappa shape index (κ2) is 9.04. The van der Waals surface area contributed by atoms with Gasteiger partial charge in [-0.1, -0.05) is 41.9 Å². The molecule has 0 aliphatic rings. The quantitative estimate of drug-likeness (QED) is 0.465. The van der Waals surface area contributed by atoms with E-state index in [1.54, 1.807) is 6.07 Å². The Morgan fingerprint density at radius 3 is 2.21 bits per heavy atom. The van der Waals surface area contributed by atoms with E-state index in [4.69, 9.17) is 20.9 Å². The van der Waals surface area contributed by atoms with Gasteiger partial charge in [0, 0.05) is 10.6 Å². The molecule has 0 bridgehead atoms. The molecule has 0 N–H and O–H groups in total. The van der Waals surface area contributed by atoms with E-state index in [1.165, 1.54) is 7.11 Å². The zero-order chi connectivity index (χ0) is 17.0. The summed E-state index contributed by atoms with van der Waals surface area (Å²) in [6.07, 6.45) is 0.754. The molecule has 6 heteroatoms. The fourth-order valence-electron chi connectivity index (χ4n) is 2.11. The SMILES string of the molecule is COc1c(Cl)cc(P(OC(C)(C)C)c2ccccc2)cc1C=O.[LiH]. The first-order valence-electron chi connectivity index (χ1n) is 7.23. The van der Waals surface area contributed by atoms with E-state index in [0.29, 0.717) is 16.3 Å².